The van der Waals surface area contributed by atoms with Gasteiger partial charge in [-0.25, -0.2) is 0 Å². The molecule has 26 heavy (non-hydrogen) atoms. The van der Waals surface area contributed by atoms with Crippen LogP contribution in [0.4, 0.5) is 0 Å². The third-order valence-electron chi connectivity index (χ3n) is 3.08. The number of thioether (sulfide) groups is 6. The van der Waals surface area contributed by atoms with E-state index in [0.717, 1.165) is 16.4 Å². The van der Waals surface area contributed by atoms with Crippen LogP contribution >= 0.6 is 70.6 Å². The molecule has 130 valence electrons. The van der Waals surface area contributed by atoms with Crippen molar-refractivity contribution < 1.29 is 0 Å². The molecule has 1 aromatic carbocycles. The number of rotatable bonds is 6. The molecule has 3 rings (SSSR count). The van der Waals surface area contributed by atoms with Gasteiger partial charge >= 0.3 is 0 Å². The maximum atomic E-state index is 9.08. The van der Waals surface area contributed by atoms with Crippen molar-refractivity contribution in [3.05, 3.63) is 40.7 Å². The van der Waals surface area contributed by atoms with Crippen molar-refractivity contribution in [2.24, 2.45) is 0 Å². The fourth-order valence-electron chi connectivity index (χ4n) is 1.96. The van der Waals surface area contributed by atoms with Crippen molar-refractivity contribution in [2.45, 2.75) is 22.6 Å². The first-order valence-corrected chi connectivity index (χ1v) is 12.7. The zero-order chi connectivity index (χ0) is 18.4. The molecule has 0 spiro atoms. The Labute approximate surface area is 178 Å². The SMILES string of the molecule is N#CCCSC1=C(SCCC#N)SC(=C2Sc3ccc(C#N)cc3S2)S1. The van der Waals surface area contributed by atoms with Gasteiger partial charge in [-0.3, -0.25) is 0 Å². The van der Waals surface area contributed by atoms with Gasteiger partial charge in [0.15, 0.2) is 0 Å². The lowest BCUT2D eigenvalue weighted by atomic mass is 10.2. The Balaban J connectivity index is 1.74. The van der Waals surface area contributed by atoms with Crippen LogP contribution in [-0.2, 0) is 0 Å². The number of fused-ring (bicyclic) bond motifs is 1. The number of hydrogen-bond donors (Lipinski definition) is 0. The zero-order valence-electron chi connectivity index (χ0n) is 13.4. The Morgan fingerprint density at radius 3 is 1.92 bits per heavy atom. The number of hydrogen-bond acceptors (Lipinski definition) is 9. The van der Waals surface area contributed by atoms with Crippen LogP contribution in [-0.4, -0.2) is 11.5 Å². The van der Waals surface area contributed by atoms with Gasteiger partial charge in [0, 0.05) is 34.1 Å². The van der Waals surface area contributed by atoms with Gasteiger partial charge in [0.2, 0.25) is 0 Å². The van der Waals surface area contributed by atoms with Crippen molar-refractivity contribution in [2.75, 3.05) is 11.5 Å². The summed E-state index contributed by atoms with van der Waals surface area (Å²) in [4.78, 5) is 2.34. The Morgan fingerprint density at radius 1 is 0.769 bits per heavy atom. The molecule has 0 bridgehead atoms. The summed E-state index contributed by atoms with van der Waals surface area (Å²) in [6.07, 6.45) is 1.07. The Morgan fingerprint density at radius 2 is 1.35 bits per heavy atom. The molecule has 2 aliphatic rings. The van der Waals surface area contributed by atoms with E-state index in [9.17, 15) is 0 Å². The number of nitriles is 3. The molecule has 3 nitrogen and oxygen atoms in total. The normalized spacial score (nSPS) is 15.6. The summed E-state index contributed by atoms with van der Waals surface area (Å²) in [6.45, 7) is 0. The number of nitrogens with zero attached hydrogens (tertiary/aromatic N) is 3. The predicted octanol–water partition coefficient (Wildman–Crippen LogP) is 6.78. The van der Waals surface area contributed by atoms with Crippen LogP contribution in [0, 0.1) is 34.0 Å². The summed E-state index contributed by atoms with van der Waals surface area (Å²) < 4.78 is 4.99. The fraction of sp³-hybridized carbons (Fsp3) is 0.235. The highest BCUT2D eigenvalue weighted by Gasteiger charge is 2.29. The van der Waals surface area contributed by atoms with Gasteiger partial charge in [-0.15, -0.1) is 23.5 Å². The summed E-state index contributed by atoms with van der Waals surface area (Å²) in [5.74, 6) is 1.58. The summed E-state index contributed by atoms with van der Waals surface area (Å²) in [7, 11) is 0. The van der Waals surface area contributed by atoms with Gasteiger partial charge in [0.1, 0.15) is 0 Å². The summed E-state index contributed by atoms with van der Waals surface area (Å²) >= 11 is 10.5. The second-order valence-corrected chi connectivity index (χ2v) is 12.2. The summed E-state index contributed by atoms with van der Waals surface area (Å²) in [5.41, 5.74) is 0.688. The van der Waals surface area contributed by atoms with E-state index in [1.165, 1.54) is 21.8 Å². The van der Waals surface area contributed by atoms with E-state index in [0.29, 0.717) is 18.4 Å². The second-order valence-electron chi connectivity index (χ2n) is 4.84. The molecule has 1 aromatic rings. The van der Waals surface area contributed by atoms with Gasteiger partial charge in [-0.2, -0.15) is 15.8 Å². The fourth-order valence-corrected chi connectivity index (χ4v) is 10.5. The van der Waals surface area contributed by atoms with Gasteiger partial charge < -0.3 is 0 Å². The van der Waals surface area contributed by atoms with Crippen LogP contribution in [0.5, 0.6) is 0 Å². The van der Waals surface area contributed by atoms with Crippen molar-refractivity contribution in [3.63, 3.8) is 0 Å². The molecule has 0 atom stereocenters. The van der Waals surface area contributed by atoms with Crippen molar-refractivity contribution in [1.82, 2.24) is 0 Å². The highest BCUT2D eigenvalue weighted by Crippen LogP contribution is 2.64. The van der Waals surface area contributed by atoms with Crippen LogP contribution in [0.15, 0.2) is 44.9 Å². The molecular weight excluding hydrogens is 439 g/mol. The average molecular weight is 450 g/mol. The topological polar surface area (TPSA) is 71.4 Å². The van der Waals surface area contributed by atoms with Gasteiger partial charge in [0.25, 0.3) is 0 Å². The molecule has 0 amide bonds. The van der Waals surface area contributed by atoms with Crippen molar-refractivity contribution >= 4 is 70.6 Å². The second kappa shape index (κ2) is 9.99. The van der Waals surface area contributed by atoms with Gasteiger partial charge in [-0.05, 0) is 18.2 Å². The quantitative estimate of drug-likeness (QED) is 0.437. The van der Waals surface area contributed by atoms with E-state index in [2.05, 4.69) is 18.2 Å². The third kappa shape index (κ3) is 4.95. The lowest BCUT2D eigenvalue weighted by molar-refractivity contribution is 1.24. The van der Waals surface area contributed by atoms with Crippen LogP contribution in [0.1, 0.15) is 18.4 Å². The van der Waals surface area contributed by atoms with Crippen LogP contribution in [0.25, 0.3) is 0 Å². The van der Waals surface area contributed by atoms with E-state index in [1.807, 2.05) is 18.2 Å². The molecule has 0 fully saturated rings. The molecule has 9 heteroatoms. The van der Waals surface area contributed by atoms with Crippen LogP contribution < -0.4 is 0 Å². The minimum Gasteiger partial charge on any atom is -0.198 e. The molecule has 0 aliphatic carbocycles. The van der Waals surface area contributed by atoms with E-state index in [4.69, 9.17) is 15.8 Å². The monoisotopic (exact) mass is 449 g/mol. The Hall–Kier alpha value is -0.730. The van der Waals surface area contributed by atoms with E-state index in [-0.39, 0.29) is 0 Å². The summed E-state index contributed by atoms with van der Waals surface area (Å²) in [6, 6.07) is 12.4. The Kier molecular flexibility index (Phi) is 7.69. The highest BCUT2D eigenvalue weighted by atomic mass is 32.3. The first kappa shape index (κ1) is 20.0. The molecule has 0 N–H and O–H groups in total. The lowest BCUT2D eigenvalue weighted by Gasteiger charge is -2.01. The number of benzene rings is 1. The maximum Gasteiger partial charge on any atom is 0.0992 e. The first-order valence-electron chi connectivity index (χ1n) is 7.48. The predicted molar refractivity (Wildman–Crippen MR) is 117 cm³/mol. The molecule has 2 heterocycles. The molecule has 0 radical (unpaired) electrons. The lowest BCUT2D eigenvalue weighted by Crippen LogP contribution is -1.79. The molecule has 0 unspecified atom stereocenters. The maximum absolute atomic E-state index is 9.08. The van der Waals surface area contributed by atoms with Gasteiger partial charge in [-0.1, -0.05) is 47.0 Å². The van der Waals surface area contributed by atoms with Crippen molar-refractivity contribution in [1.29, 1.82) is 15.8 Å². The smallest absolute Gasteiger partial charge is 0.0992 e. The molecule has 0 saturated carbocycles. The molecule has 0 aromatic heterocycles. The zero-order valence-corrected chi connectivity index (χ0v) is 18.3. The summed E-state index contributed by atoms with van der Waals surface area (Å²) in [5, 5.41) is 26.6. The van der Waals surface area contributed by atoms with E-state index >= 15 is 0 Å². The molecule has 0 saturated heterocycles. The van der Waals surface area contributed by atoms with Crippen molar-refractivity contribution in [3.8, 4) is 18.2 Å². The molecule has 2 aliphatic heterocycles. The largest absolute Gasteiger partial charge is 0.198 e. The standard InChI is InChI=1S/C17H11N3S6/c18-5-1-7-21-14-15(22-8-2-6-19)26-17(25-14)16-23-12-4-3-11(10-20)9-13(12)24-16/h3-4,9H,1-2,7-8H2. The van der Waals surface area contributed by atoms with E-state index in [1.54, 1.807) is 70.6 Å². The molecular formula is C17H11N3S6. The third-order valence-corrected chi connectivity index (χ3v) is 11.7. The first-order chi connectivity index (χ1) is 12.7. The Bertz CT molecular complexity index is 867. The minimum absolute atomic E-state index is 0.535. The van der Waals surface area contributed by atoms with Crippen LogP contribution in [0.3, 0.4) is 0 Å². The van der Waals surface area contributed by atoms with E-state index < -0.39 is 0 Å². The van der Waals surface area contributed by atoms with Crippen LogP contribution in [0.2, 0.25) is 0 Å². The average Bonchev–Trinajstić information content (AvgIpc) is 3.25. The highest BCUT2D eigenvalue weighted by molar-refractivity contribution is 8.42. The minimum atomic E-state index is 0.535. The van der Waals surface area contributed by atoms with Gasteiger partial charge in [0.05, 0.1) is 40.7 Å².